The van der Waals surface area contributed by atoms with Crippen molar-refractivity contribution < 1.29 is 14.7 Å². The van der Waals surface area contributed by atoms with Crippen molar-refractivity contribution in [3.63, 3.8) is 0 Å². The second-order valence-electron chi connectivity index (χ2n) is 4.19. The maximum absolute atomic E-state index is 11.0. The van der Waals surface area contributed by atoms with E-state index in [0.29, 0.717) is 12.8 Å². The number of carbonyl (C=O) groups is 2. The van der Waals surface area contributed by atoms with E-state index in [0.717, 1.165) is 19.1 Å². The number of hydrogen-bond donors (Lipinski definition) is 1. The normalized spacial score (nSPS) is 33.1. The minimum atomic E-state index is -0.744. The summed E-state index contributed by atoms with van der Waals surface area (Å²) in [5.74, 6) is -0.764. The van der Waals surface area contributed by atoms with Gasteiger partial charge in [-0.3, -0.25) is 4.79 Å². The predicted octanol–water partition coefficient (Wildman–Crippen LogP) is 2.02. The van der Waals surface area contributed by atoms with Crippen LogP contribution in [0.25, 0.3) is 0 Å². The molecule has 1 N–H and O–H groups in total. The molecule has 2 unspecified atom stereocenters. The van der Waals surface area contributed by atoms with Crippen LogP contribution in [0, 0.1) is 11.3 Å². The lowest BCUT2D eigenvalue weighted by molar-refractivity contribution is -0.148. The van der Waals surface area contributed by atoms with Crippen LogP contribution in [0.5, 0.6) is 0 Å². The van der Waals surface area contributed by atoms with Gasteiger partial charge < -0.3 is 9.90 Å². The molecule has 0 radical (unpaired) electrons. The third-order valence-electron chi connectivity index (χ3n) is 2.91. The fraction of sp³-hybridized carbons (Fsp3) is 0.636. The van der Waals surface area contributed by atoms with Crippen LogP contribution in [0.1, 0.15) is 32.6 Å². The Labute approximate surface area is 83.8 Å². The van der Waals surface area contributed by atoms with E-state index in [1.54, 1.807) is 6.92 Å². The van der Waals surface area contributed by atoms with Crippen molar-refractivity contribution in [2.24, 2.45) is 11.3 Å². The van der Waals surface area contributed by atoms with Gasteiger partial charge >= 0.3 is 5.97 Å². The van der Waals surface area contributed by atoms with Gasteiger partial charge in [-0.05, 0) is 26.2 Å². The van der Waals surface area contributed by atoms with E-state index < -0.39 is 11.4 Å². The monoisotopic (exact) mass is 196 g/mol. The number of hydrogen-bond acceptors (Lipinski definition) is 2. The van der Waals surface area contributed by atoms with Crippen molar-refractivity contribution in [1.82, 2.24) is 0 Å². The average Bonchev–Trinajstić information content (AvgIpc) is 2.11. The first kappa shape index (κ1) is 11.0. The van der Waals surface area contributed by atoms with Crippen LogP contribution < -0.4 is 0 Å². The van der Waals surface area contributed by atoms with Gasteiger partial charge in [-0.1, -0.05) is 18.6 Å². The molecule has 0 amide bonds. The molecule has 0 saturated carbocycles. The maximum atomic E-state index is 11.0. The van der Waals surface area contributed by atoms with E-state index >= 15 is 0 Å². The Morgan fingerprint density at radius 1 is 1.64 bits per heavy atom. The molecule has 3 heteroatoms. The molecule has 2 atom stereocenters. The number of carbonyl (C=O) groups excluding carboxylic acids is 1. The van der Waals surface area contributed by atoms with E-state index in [1.807, 2.05) is 12.2 Å². The van der Waals surface area contributed by atoms with Crippen LogP contribution >= 0.6 is 0 Å². The van der Waals surface area contributed by atoms with Crippen LogP contribution in [0.2, 0.25) is 0 Å². The van der Waals surface area contributed by atoms with Gasteiger partial charge in [0, 0.05) is 5.92 Å². The molecule has 0 bridgehead atoms. The standard InChI is InChI=1S/C11H16O3/c1-11(10(13)14)6-2-4-9(8-12)5-3-7-11/h2,4,8-9H,3,5-7H2,1H3,(H,13,14). The molecule has 0 saturated heterocycles. The fourth-order valence-electron chi connectivity index (χ4n) is 1.74. The van der Waals surface area contributed by atoms with Crippen molar-refractivity contribution in [2.45, 2.75) is 32.6 Å². The van der Waals surface area contributed by atoms with Crippen molar-refractivity contribution in [2.75, 3.05) is 0 Å². The smallest absolute Gasteiger partial charge is 0.309 e. The number of rotatable bonds is 2. The van der Waals surface area contributed by atoms with E-state index in [2.05, 4.69) is 0 Å². The molecular formula is C11H16O3. The number of carboxylic acid groups (broad SMARTS) is 1. The first-order valence-electron chi connectivity index (χ1n) is 4.94. The highest BCUT2D eigenvalue weighted by atomic mass is 16.4. The molecule has 0 fully saturated rings. The molecule has 0 heterocycles. The van der Waals surface area contributed by atoms with E-state index in [1.165, 1.54) is 0 Å². The number of carboxylic acids is 1. The van der Waals surface area contributed by atoms with Crippen LogP contribution in [-0.4, -0.2) is 17.4 Å². The highest BCUT2D eigenvalue weighted by Crippen LogP contribution is 2.32. The first-order chi connectivity index (χ1) is 6.58. The molecule has 78 valence electrons. The molecular weight excluding hydrogens is 180 g/mol. The summed E-state index contributed by atoms with van der Waals surface area (Å²) in [6.07, 6.45) is 7.32. The van der Waals surface area contributed by atoms with E-state index in [4.69, 9.17) is 5.11 Å². The van der Waals surface area contributed by atoms with Crippen LogP contribution in [0.4, 0.5) is 0 Å². The summed E-state index contributed by atoms with van der Waals surface area (Å²) in [5.41, 5.74) is -0.648. The van der Waals surface area contributed by atoms with Gasteiger partial charge in [0.1, 0.15) is 6.29 Å². The van der Waals surface area contributed by atoms with Crippen molar-refractivity contribution in [1.29, 1.82) is 0 Å². The zero-order valence-electron chi connectivity index (χ0n) is 8.40. The predicted molar refractivity (Wildman–Crippen MR) is 52.9 cm³/mol. The Morgan fingerprint density at radius 2 is 2.36 bits per heavy atom. The zero-order valence-corrected chi connectivity index (χ0v) is 8.40. The zero-order chi connectivity index (χ0) is 10.6. The van der Waals surface area contributed by atoms with Crippen molar-refractivity contribution >= 4 is 12.3 Å². The summed E-state index contributed by atoms with van der Waals surface area (Å²) < 4.78 is 0. The third-order valence-corrected chi connectivity index (χ3v) is 2.91. The van der Waals surface area contributed by atoms with E-state index in [-0.39, 0.29) is 5.92 Å². The lowest BCUT2D eigenvalue weighted by Crippen LogP contribution is -2.27. The van der Waals surface area contributed by atoms with E-state index in [9.17, 15) is 9.59 Å². The molecule has 14 heavy (non-hydrogen) atoms. The van der Waals surface area contributed by atoms with Gasteiger partial charge in [0.05, 0.1) is 5.41 Å². The number of allylic oxidation sites excluding steroid dienone is 2. The number of aliphatic carboxylic acids is 1. The fourth-order valence-corrected chi connectivity index (χ4v) is 1.74. The Morgan fingerprint density at radius 3 is 2.93 bits per heavy atom. The van der Waals surface area contributed by atoms with Gasteiger partial charge in [0.25, 0.3) is 0 Å². The van der Waals surface area contributed by atoms with Gasteiger partial charge in [0.2, 0.25) is 0 Å². The Bertz CT molecular complexity index is 257. The van der Waals surface area contributed by atoms with Gasteiger partial charge in [0.15, 0.2) is 0 Å². The van der Waals surface area contributed by atoms with Gasteiger partial charge in [-0.25, -0.2) is 0 Å². The minimum Gasteiger partial charge on any atom is -0.481 e. The molecule has 1 aliphatic rings. The lowest BCUT2D eigenvalue weighted by atomic mass is 9.79. The molecule has 0 aromatic carbocycles. The Kier molecular flexibility index (Phi) is 3.44. The summed E-state index contributed by atoms with van der Waals surface area (Å²) in [7, 11) is 0. The molecule has 0 spiro atoms. The summed E-state index contributed by atoms with van der Waals surface area (Å²) in [6, 6.07) is 0. The summed E-state index contributed by atoms with van der Waals surface area (Å²) in [6.45, 7) is 1.76. The average molecular weight is 196 g/mol. The third kappa shape index (κ3) is 2.44. The first-order valence-corrected chi connectivity index (χ1v) is 4.94. The van der Waals surface area contributed by atoms with Crippen molar-refractivity contribution in [3.8, 4) is 0 Å². The number of aldehydes is 1. The molecule has 3 nitrogen and oxygen atoms in total. The molecule has 0 aliphatic heterocycles. The topological polar surface area (TPSA) is 54.4 Å². The Balaban J connectivity index is 2.71. The largest absolute Gasteiger partial charge is 0.481 e. The Hall–Kier alpha value is -1.12. The van der Waals surface area contributed by atoms with Crippen LogP contribution in [-0.2, 0) is 9.59 Å². The lowest BCUT2D eigenvalue weighted by Gasteiger charge is -2.25. The second kappa shape index (κ2) is 4.40. The summed E-state index contributed by atoms with van der Waals surface area (Å²) >= 11 is 0. The summed E-state index contributed by atoms with van der Waals surface area (Å²) in [4.78, 5) is 21.5. The maximum Gasteiger partial charge on any atom is 0.309 e. The highest BCUT2D eigenvalue weighted by Gasteiger charge is 2.32. The second-order valence-corrected chi connectivity index (χ2v) is 4.19. The van der Waals surface area contributed by atoms with Gasteiger partial charge in [-0.2, -0.15) is 0 Å². The molecule has 1 aliphatic carbocycles. The van der Waals surface area contributed by atoms with Crippen LogP contribution in [0.15, 0.2) is 12.2 Å². The molecule has 1 rings (SSSR count). The molecule has 0 aromatic rings. The highest BCUT2D eigenvalue weighted by molar-refractivity contribution is 5.74. The van der Waals surface area contributed by atoms with Crippen LogP contribution in [0.3, 0.4) is 0 Å². The van der Waals surface area contributed by atoms with Crippen molar-refractivity contribution in [3.05, 3.63) is 12.2 Å². The SMILES string of the molecule is CC1(C(=O)O)CC=CC(C=O)CCC1. The minimum absolute atomic E-state index is 0.0201. The quantitative estimate of drug-likeness (QED) is 0.543. The van der Waals surface area contributed by atoms with Gasteiger partial charge in [-0.15, -0.1) is 0 Å². The summed E-state index contributed by atoms with van der Waals surface area (Å²) in [5, 5.41) is 9.03. The molecule has 0 aromatic heterocycles.